The van der Waals surface area contributed by atoms with Crippen molar-refractivity contribution in [2.24, 2.45) is 0 Å². The summed E-state index contributed by atoms with van der Waals surface area (Å²) in [6, 6.07) is 6.64. The largest absolute Gasteiger partial charge is 0.476 e. The number of hydrogen-bond donors (Lipinski definition) is 2. The van der Waals surface area contributed by atoms with Crippen molar-refractivity contribution >= 4 is 33.6 Å². The second-order valence-corrected chi connectivity index (χ2v) is 4.44. The fourth-order valence-corrected chi connectivity index (χ4v) is 1.63. The molecule has 1 aromatic carbocycles. The minimum atomic E-state index is -1.25. The number of halogens is 1. The van der Waals surface area contributed by atoms with E-state index in [0.717, 1.165) is 4.47 Å². The Hall–Kier alpha value is -2.28. The normalized spacial score (nSPS) is 9.95. The molecule has 0 fully saturated rings. The van der Waals surface area contributed by atoms with Gasteiger partial charge in [-0.3, -0.25) is 4.79 Å². The van der Waals surface area contributed by atoms with Crippen LogP contribution in [-0.2, 0) is 0 Å². The van der Waals surface area contributed by atoms with E-state index in [1.165, 1.54) is 12.4 Å². The van der Waals surface area contributed by atoms with Crippen molar-refractivity contribution in [1.29, 1.82) is 0 Å². The lowest BCUT2D eigenvalue weighted by Gasteiger charge is -2.06. The molecule has 1 aromatic heterocycles. The molecule has 0 saturated heterocycles. The number of carboxylic acid groups (broad SMARTS) is 1. The first-order valence-electron chi connectivity index (χ1n) is 5.19. The smallest absolute Gasteiger partial charge is 0.358 e. The highest BCUT2D eigenvalue weighted by atomic mass is 79.9. The second kappa shape index (κ2) is 5.57. The summed E-state index contributed by atoms with van der Waals surface area (Å²) in [4.78, 5) is 30.3. The van der Waals surface area contributed by atoms with Crippen LogP contribution in [0.1, 0.15) is 20.8 Å². The molecule has 19 heavy (non-hydrogen) atoms. The van der Waals surface area contributed by atoms with E-state index in [9.17, 15) is 9.59 Å². The third-order valence-electron chi connectivity index (χ3n) is 2.24. The van der Waals surface area contributed by atoms with E-state index in [2.05, 4.69) is 31.2 Å². The summed E-state index contributed by atoms with van der Waals surface area (Å²) >= 11 is 3.26. The van der Waals surface area contributed by atoms with E-state index in [1.54, 1.807) is 24.3 Å². The maximum absolute atomic E-state index is 11.9. The SMILES string of the molecule is O=C(Nc1nccnc1C(=O)O)c1ccc(Br)cc1. The average Bonchev–Trinajstić information content (AvgIpc) is 2.39. The van der Waals surface area contributed by atoms with Gasteiger partial charge in [0.1, 0.15) is 0 Å². The maximum Gasteiger partial charge on any atom is 0.358 e. The first kappa shape index (κ1) is 13.2. The van der Waals surface area contributed by atoms with Crippen LogP contribution < -0.4 is 5.32 Å². The van der Waals surface area contributed by atoms with Gasteiger partial charge >= 0.3 is 5.97 Å². The summed E-state index contributed by atoms with van der Waals surface area (Å²) in [5, 5.41) is 11.3. The standard InChI is InChI=1S/C12H8BrN3O3/c13-8-3-1-7(2-4-8)11(17)16-10-9(12(18)19)14-5-6-15-10/h1-6H,(H,18,19)(H,15,16,17). The fourth-order valence-electron chi connectivity index (χ4n) is 1.37. The molecule has 0 unspecified atom stereocenters. The zero-order chi connectivity index (χ0) is 13.8. The summed E-state index contributed by atoms with van der Waals surface area (Å²) in [7, 11) is 0. The lowest BCUT2D eigenvalue weighted by Crippen LogP contribution is -2.16. The minimum Gasteiger partial charge on any atom is -0.476 e. The van der Waals surface area contributed by atoms with E-state index >= 15 is 0 Å². The number of anilines is 1. The van der Waals surface area contributed by atoms with Gasteiger partial charge in [-0.2, -0.15) is 0 Å². The van der Waals surface area contributed by atoms with Crippen molar-refractivity contribution in [1.82, 2.24) is 9.97 Å². The summed E-state index contributed by atoms with van der Waals surface area (Å²) in [6.45, 7) is 0. The molecule has 1 amide bonds. The van der Waals surface area contributed by atoms with Gasteiger partial charge < -0.3 is 10.4 Å². The van der Waals surface area contributed by atoms with E-state index in [-0.39, 0.29) is 11.5 Å². The van der Waals surface area contributed by atoms with Gasteiger partial charge in [-0.05, 0) is 24.3 Å². The van der Waals surface area contributed by atoms with Crippen LogP contribution in [0, 0.1) is 0 Å². The molecule has 2 N–H and O–H groups in total. The Morgan fingerprint density at radius 2 is 1.74 bits per heavy atom. The van der Waals surface area contributed by atoms with Crippen LogP contribution in [0.4, 0.5) is 5.82 Å². The number of nitrogens with zero attached hydrogens (tertiary/aromatic N) is 2. The number of benzene rings is 1. The van der Waals surface area contributed by atoms with Gasteiger partial charge in [0, 0.05) is 22.4 Å². The Balaban J connectivity index is 2.24. The van der Waals surface area contributed by atoms with Crippen LogP contribution in [0.15, 0.2) is 41.1 Å². The monoisotopic (exact) mass is 321 g/mol. The first-order valence-corrected chi connectivity index (χ1v) is 5.98. The molecule has 0 aliphatic rings. The third-order valence-corrected chi connectivity index (χ3v) is 2.77. The van der Waals surface area contributed by atoms with E-state index < -0.39 is 11.9 Å². The highest BCUT2D eigenvalue weighted by Gasteiger charge is 2.15. The Labute approximate surface area is 116 Å². The molecule has 96 valence electrons. The predicted octanol–water partition coefficient (Wildman–Crippen LogP) is 2.19. The van der Waals surface area contributed by atoms with Gasteiger partial charge in [0.15, 0.2) is 11.5 Å². The quantitative estimate of drug-likeness (QED) is 0.904. The molecule has 0 radical (unpaired) electrons. The lowest BCUT2D eigenvalue weighted by atomic mass is 10.2. The van der Waals surface area contributed by atoms with E-state index in [0.29, 0.717) is 5.56 Å². The summed E-state index contributed by atoms with van der Waals surface area (Å²) in [6.07, 6.45) is 2.56. The highest BCUT2D eigenvalue weighted by Crippen LogP contribution is 2.13. The molecule has 2 aromatic rings. The molecule has 6 nitrogen and oxygen atoms in total. The van der Waals surface area contributed by atoms with Crippen LogP contribution in [0.2, 0.25) is 0 Å². The number of carbonyl (C=O) groups is 2. The van der Waals surface area contributed by atoms with Gasteiger partial charge in [0.2, 0.25) is 0 Å². The summed E-state index contributed by atoms with van der Waals surface area (Å²) < 4.78 is 0.842. The summed E-state index contributed by atoms with van der Waals surface area (Å²) in [5.41, 5.74) is 0.0955. The van der Waals surface area contributed by atoms with Crippen molar-refractivity contribution in [3.8, 4) is 0 Å². The zero-order valence-corrected chi connectivity index (χ0v) is 11.1. The first-order chi connectivity index (χ1) is 9.08. The molecule has 2 rings (SSSR count). The molecule has 0 atom stereocenters. The van der Waals surface area contributed by atoms with Crippen molar-refractivity contribution in [3.05, 3.63) is 52.4 Å². The summed E-state index contributed by atoms with van der Waals surface area (Å²) in [5.74, 6) is -1.78. The Bertz CT molecular complexity index is 628. The van der Waals surface area contributed by atoms with Gasteiger partial charge in [0.05, 0.1) is 0 Å². The van der Waals surface area contributed by atoms with Gasteiger partial charge in [-0.1, -0.05) is 15.9 Å². The number of carbonyl (C=O) groups excluding carboxylic acids is 1. The van der Waals surface area contributed by atoms with E-state index in [4.69, 9.17) is 5.11 Å². The Morgan fingerprint density at radius 1 is 1.11 bits per heavy atom. The molecular weight excluding hydrogens is 314 g/mol. The third kappa shape index (κ3) is 3.14. The molecule has 0 spiro atoms. The number of nitrogens with one attached hydrogen (secondary N) is 1. The Kier molecular flexibility index (Phi) is 3.86. The molecule has 0 aliphatic carbocycles. The van der Waals surface area contributed by atoms with Crippen LogP contribution in [0.5, 0.6) is 0 Å². The van der Waals surface area contributed by atoms with Crippen molar-refractivity contribution in [2.45, 2.75) is 0 Å². The van der Waals surface area contributed by atoms with Crippen molar-refractivity contribution in [3.63, 3.8) is 0 Å². The molecule has 0 saturated carbocycles. The van der Waals surface area contributed by atoms with Gasteiger partial charge in [-0.25, -0.2) is 14.8 Å². The van der Waals surface area contributed by atoms with Crippen molar-refractivity contribution in [2.75, 3.05) is 5.32 Å². The molecule has 0 aliphatic heterocycles. The number of carboxylic acids is 1. The van der Waals surface area contributed by atoms with Crippen molar-refractivity contribution < 1.29 is 14.7 Å². The average molecular weight is 322 g/mol. The number of hydrogen-bond acceptors (Lipinski definition) is 4. The number of aromatic carboxylic acids is 1. The maximum atomic E-state index is 11.9. The van der Waals surface area contributed by atoms with Crippen LogP contribution in [-0.4, -0.2) is 27.0 Å². The van der Waals surface area contributed by atoms with Gasteiger partial charge in [0.25, 0.3) is 5.91 Å². The Morgan fingerprint density at radius 3 is 2.37 bits per heavy atom. The van der Waals surface area contributed by atoms with Crippen LogP contribution >= 0.6 is 15.9 Å². The zero-order valence-electron chi connectivity index (χ0n) is 9.50. The molecular formula is C12H8BrN3O3. The second-order valence-electron chi connectivity index (χ2n) is 3.52. The van der Waals surface area contributed by atoms with Crippen LogP contribution in [0.3, 0.4) is 0 Å². The number of amides is 1. The highest BCUT2D eigenvalue weighted by molar-refractivity contribution is 9.10. The topological polar surface area (TPSA) is 92.2 Å². The predicted molar refractivity (Wildman–Crippen MR) is 71.1 cm³/mol. The van der Waals surface area contributed by atoms with E-state index in [1.807, 2.05) is 0 Å². The molecule has 7 heteroatoms. The van der Waals surface area contributed by atoms with Crippen LogP contribution in [0.25, 0.3) is 0 Å². The van der Waals surface area contributed by atoms with Gasteiger partial charge in [-0.15, -0.1) is 0 Å². The molecule has 1 heterocycles. The molecule has 0 bridgehead atoms. The number of rotatable bonds is 3. The fraction of sp³-hybridized carbons (Fsp3) is 0. The lowest BCUT2D eigenvalue weighted by molar-refractivity contribution is 0.0691. The number of aromatic nitrogens is 2. The minimum absolute atomic E-state index is 0.0806.